The number of hydrogen-bond donors (Lipinski definition) is 1. The summed E-state index contributed by atoms with van der Waals surface area (Å²) in [5.41, 5.74) is 3.27. The molecule has 0 atom stereocenters. The molecule has 0 aliphatic carbocycles. The Labute approximate surface area is 135 Å². The highest BCUT2D eigenvalue weighted by Crippen LogP contribution is 2.29. The van der Waals surface area contributed by atoms with Crippen molar-refractivity contribution in [2.24, 2.45) is 0 Å². The van der Waals surface area contributed by atoms with Crippen LogP contribution in [0.2, 0.25) is 0 Å². The smallest absolute Gasteiger partial charge is 0.133 e. The van der Waals surface area contributed by atoms with Gasteiger partial charge in [0.2, 0.25) is 0 Å². The van der Waals surface area contributed by atoms with E-state index in [1.54, 1.807) is 0 Å². The van der Waals surface area contributed by atoms with E-state index in [1.807, 2.05) is 6.20 Å². The highest BCUT2D eigenvalue weighted by Gasteiger charge is 2.16. The average Bonchev–Trinajstić information content (AvgIpc) is 3.10. The number of benzene rings is 1. The minimum Gasteiger partial charge on any atom is -0.378 e. The summed E-state index contributed by atoms with van der Waals surface area (Å²) < 4.78 is 5.45. The number of ether oxygens (including phenoxy) is 1. The van der Waals surface area contributed by atoms with E-state index in [9.17, 15) is 0 Å². The molecule has 5 heteroatoms. The SMILES string of the molecule is CCc1nc(-c2cccc3[nH]ccc23)cc(N2CCOCC2)n1. The van der Waals surface area contributed by atoms with Crippen LogP contribution in [0.25, 0.3) is 22.2 Å². The number of rotatable bonds is 3. The van der Waals surface area contributed by atoms with E-state index in [0.29, 0.717) is 0 Å². The van der Waals surface area contributed by atoms with Crippen LogP contribution in [0.15, 0.2) is 36.5 Å². The first-order valence-electron chi connectivity index (χ1n) is 8.12. The molecule has 3 aromatic rings. The van der Waals surface area contributed by atoms with Crippen molar-refractivity contribution < 1.29 is 4.74 Å². The lowest BCUT2D eigenvalue weighted by molar-refractivity contribution is 0.122. The van der Waals surface area contributed by atoms with Gasteiger partial charge in [-0.05, 0) is 12.1 Å². The number of aromatic nitrogens is 3. The summed E-state index contributed by atoms with van der Waals surface area (Å²) in [5.74, 6) is 1.89. The Morgan fingerprint density at radius 1 is 1.17 bits per heavy atom. The molecule has 1 aromatic carbocycles. The molecule has 3 heterocycles. The first-order chi connectivity index (χ1) is 11.3. The van der Waals surface area contributed by atoms with Crippen LogP contribution in [0.4, 0.5) is 5.82 Å². The molecule has 0 radical (unpaired) electrons. The third kappa shape index (κ3) is 2.68. The molecule has 0 bridgehead atoms. The van der Waals surface area contributed by atoms with Crippen molar-refractivity contribution in [1.29, 1.82) is 0 Å². The van der Waals surface area contributed by atoms with Crippen LogP contribution < -0.4 is 4.90 Å². The second kappa shape index (κ2) is 6.01. The van der Waals surface area contributed by atoms with Gasteiger partial charge in [0.1, 0.15) is 11.6 Å². The van der Waals surface area contributed by atoms with Gasteiger partial charge in [0, 0.05) is 48.2 Å². The summed E-state index contributed by atoms with van der Waals surface area (Å²) in [6, 6.07) is 10.5. The van der Waals surface area contributed by atoms with E-state index in [1.165, 1.54) is 5.39 Å². The van der Waals surface area contributed by atoms with Gasteiger partial charge in [0.25, 0.3) is 0 Å². The maximum Gasteiger partial charge on any atom is 0.133 e. The van der Waals surface area contributed by atoms with Crippen molar-refractivity contribution in [2.75, 3.05) is 31.2 Å². The van der Waals surface area contributed by atoms with E-state index in [0.717, 1.165) is 61.1 Å². The van der Waals surface area contributed by atoms with Gasteiger partial charge in [0.05, 0.1) is 18.9 Å². The summed E-state index contributed by atoms with van der Waals surface area (Å²) in [7, 11) is 0. The minimum atomic E-state index is 0.758. The van der Waals surface area contributed by atoms with Crippen molar-refractivity contribution in [1.82, 2.24) is 15.0 Å². The molecule has 0 amide bonds. The number of H-pyrrole nitrogens is 1. The van der Waals surface area contributed by atoms with Gasteiger partial charge in [-0.15, -0.1) is 0 Å². The highest BCUT2D eigenvalue weighted by atomic mass is 16.5. The zero-order valence-electron chi connectivity index (χ0n) is 13.2. The number of aryl methyl sites for hydroxylation is 1. The number of aromatic amines is 1. The van der Waals surface area contributed by atoms with Crippen molar-refractivity contribution in [3.05, 3.63) is 42.4 Å². The van der Waals surface area contributed by atoms with E-state index < -0.39 is 0 Å². The maximum absolute atomic E-state index is 5.45. The number of anilines is 1. The van der Waals surface area contributed by atoms with Gasteiger partial charge in [-0.3, -0.25) is 0 Å². The zero-order chi connectivity index (χ0) is 15.6. The lowest BCUT2D eigenvalue weighted by atomic mass is 10.1. The van der Waals surface area contributed by atoms with Crippen LogP contribution in [0.3, 0.4) is 0 Å². The summed E-state index contributed by atoms with van der Waals surface area (Å²) in [6.07, 6.45) is 2.80. The van der Waals surface area contributed by atoms with Crippen molar-refractivity contribution >= 4 is 16.7 Å². The minimum absolute atomic E-state index is 0.758. The number of fused-ring (bicyclic) bond motifs is 1. The molecular formula is C18H20N4O. The lowest BCUT2D eigenvalue weighted by Gasteiger charge is -2.28. The Bertz CT molecular complexity index is 821. The molecule has 1 N–H and O–H groups in total. The summed E-state index contributed by atoms with van der Waals surface area (Å²) in [6.45, 7) is 5.38. The number of hydrogen-bond acceptors (Lipinski definition) is 4. The predicted octanol–water partition coefficient (Wildman–Crippen LogP) is 3.02. The van der Waals surface area contributed by atoms with Gasteiger partial charge < -0.3 is 14.6 Å². The molecule has 1 aliphatic rings. The molecule has 4 rings (SSSR count). The van der Waals surface area contributed by atoms with Crippen LogP contribution in [-0.2, 0) is 11.2 Å². The maximum atomic E-state index is 5.45. The molecule has 1 saturated heterocycles. The largest absolute Gasteiger partial charge is 0.378 e. The van der Waals surface area contributed by atoms with E-state index in [-0.39, 0.29) is 0 Å². The predicted molar refractivity (Wildman–Crippen MR) is 91.7 cm³/mol. The fourth-order valence-corrected chi connectivity index (χ4v) is 3.04. The molecule has 118 valence electrons. The standard InChI is InChI=1S/C18H20N4O/c1-2-17-20-16(12-18(21-17)22-8-10-23-11-9-22)13-4-3-5-15-14(13)6-7-19-15/h3-7,12,19H,2,8-11H2,1H3. The first kappa shape index (κ1) is 14.2. The molecule has 0 saturated carbocycles. The molecule has 1 aliphatic heterocycles. The molecule has 1 fully saturated rings. The lowest BCUT2D eigenvalue weighted by Crippen LogP contribution is -2.37. The Morgan fingerprint density at radius 2 is 2.04 bits per heavy atom. The molecule has 23 heavy (non-hydrogen) atoms. The van der Waals surface area contributed by atoms with Crippen LogP contribution in [0, 0.1) is 0 Å². The van der Waals surface area contributed by atoms with Gasteiger partial charge in [-0.25, -0.2) is 9.97 Å². The molecule has 5 nitrogen and oxygen atoms in total. The van der Waals surface area contributed by atoms with E-state index in [4.69, 9.17) is 14.7 Å². The van der Waals surface area contributed by atoms with Crippen LogP contribution in [0.1, 0.15) is 12.7 Å². The normalized spacial score (nSPS) is 15.3. The van der Waals surface area contributed by atoms with E-state index >= 15 is 0 Å². The first-order valence-corrected chi connectivity index (χ1v) is 8.12. The Hall–Kier alpha value is -2.40. The average molecular weight is 308 g/mol. The number of nitrogens with one attached hydrogen (secondary N) is 1. The fourth-order valence-electron chi connectivity index (χ4n) is 3.04. The van der Waals surface area contributed by atoms with Crippen LogP contribution in [-0.4, -0.2) is 41.3 Å². The molecule has 0 spiro atoms. The number of morpholine rings is 1. The summed E-state index contributed by atoms with van der Waals surface area (Å²) in [5, 5.41) is 1.20. The van der Waals surface area contributed by atoms with Crippen molar-refractivity contribution in [3.8, 4) is 11.3 Å². The topological polar surface area (TPSA) is 54.0 Å². The highest BCUT2D eigenvalue weighted by molar-refractivity contribution is 5.94. The Balaban J connectivity index is 1.83. The van der Waals surface area contributed by atoms with Crippen LogP contribution >= 0.6 is 0 Å². The fraction of sp³-hybridized carbons (Fsp3) is 0.333. The Kier molecular flexibility index (Phi) is 3.71. The van der Waals surface area contributed by atoms with E-state index in [2.05, 4.69) is 47.1 Å². The third-order valence-electron chi connectivity index (χ3n) is 4.28. The number of nitrogens with zero attached hydrogens (tertiary/aromatic N) is 3. The monoisotopic (exact) mass is 308 g/mol. The summed E-state index contributed by atoms with van der Waals surface area (Å²) in [4.78, 5) is 15.0. The molecule has 0 unspecified atom stereocenters. The Morgan fingerprint density at radius 3 is 2.87 bits per heavy atom. The molecule has 2 aromatic heterocycles. The van der Waals surface area contributed by atoms with Gasteiger partial charge in [0.15, 0.2) is 0 Å². The molecular weight excluding hydrogens is 288 g/mol. The second-order valence-corrected chi connectivity index (χ2v) is 5.73. The van der Waals surface area contributed by atoms with Gasteiger partial charge >= 0.3 is 0 Å². The van der Waals surface area contributed by atoms with Crippen molar-refractivity contribution in [2.45, 2.75) is 13.3 Å². The van der Waals surface area contributed by atoms with Crippen molar-refractivity contribution in [3.63, 3.8) is 0 Å². The second-order valence-electron chi connectivity index (χ2n) is 5.73. The van der Waals surface area contributed by atoms with Gasteiger partial charge in [-0.2, -0.15) is 0 Å². The zero-order valence-corrected chi connectivity index (χ0v) is 13.2. The van der Waals surface area contributed by atoms with Crippen LogP contribution in [0.5, 0.6) is 0 Å². The quantitative estimate of drug-likeness (QED) is 0.808. The third-order valence-corrected chi connectivity index (χ3v) is 4.28. The van der Waals surface area contributed by atoms with Gasteiger partial charge in [-0.1, -0.05) is 19.1 Å². The summed E-state index contributed by atoms with van der Waals surface area (Å²) >= 11 is 0.